The molecule has 0 aromatic carbocycles. The molecule has 0 spiro atoms. The van der Waals surface area contributed by atoms with Crippen LogP contribution in [0.25, 0.3) is 0 Å². The Morgan fingerprint density at radius 1 is 1.31 bits per heavy atom. The highest BCUT2D eigenvalue weighted by Gasteiger charge is 2.33. The third-order valence-electron chi connectivity index (χ3n) is 6.74. The van der Waals surface area contributed by atoms with E-state index in [1.807, 2.05) is 33.8 Å². The molecule has 0 saturated heterocycles. The minimum atomic E-state index is -0.518. The van der Waals surface area contributed by atoms with Crippen molar-refractivity contribution in [2.45, 2.75) is 66.4 Å². The highest BCUT2D eigenvalue weighted by atomic mass is 16.6. The Hall–Kier alpha value is -3.69. The molecule has 0 bridgehead atoms. The van der Waals surface area contributed by atoms with E-state index in [2.05, 4.69) is 39.0 Å². The number of ether oxygens (including phenoxy) is 1. The number of nitrogen functional groups attached to an aromatic ring is 1. The van der Waals surface area contributed by atoms with Gasteiger partial charge in [-0.05, 0) is 58.1 Å². The topological polar surface area (TPSA) is 126 Å². The number of anilines is 4. The van der Waals surface area contributed by atoms with E-state index in [-0.39, 0.29) is 23.8 Å². The molecule has 0 aliphatic carbocycles. The van der Waals surface area contributed by atoms with Gasteiger partial charge in [-0.25, -0.2) is 14.8 Å². The van der Waals surface area contributed by atoms with Gasteiger partial charge in [0, 0.05) is 55.9 Å². The lowest BCUT2D eigenvalue weighted by molar-refractivity contribution is -0.161. The second-order valence-electron chi connectivity index (χ2n) is 11.0. The molecular formula is C29H43N7O3. The quantitative estimate of drug-likeness (QED) is 0.325. The molecule has 3 N–H and O–H groups in total. The van der Waals surface area contributed by atoms with Crippen LogP contribution in [-0.2, 0) is 16.0 Å². The molecule has 39 heavy (non-hydrogen) atoms. The predicted molar refractivity (Wildman–Crippen MR) is 158 cm³/mol. The van der Waals surface area contributed by atoms with Crippen LogP contribution in [0.2, 0.25) is 0 Å². The van der Waals surface area contributed by atoms with Crippen LogP contribution < -0.4 is 20.9 Å². The number of aliphatic imine (C=N–C) groups is 1. The van der Waals surface area contributed by atoms with Gasteiger partial charge in [0.2, 0.25) is 0 Å². The normalized spacial score (nSPS) is 14.7. The number of carbonyl (C=O) groups is 2. The van der Waals surface area contributed by atoms with E-state index in [1.165, 1.54) is 6.20 Å². The Labute approximate surface area is 232 Å². The minimum absolute atomic E-state index is 0.0819. The van der Waals surface area contributed by atoms with Crippen LogP contribution in [0.5, 0.6) is 0 Å². The molecule has 1 aliphatic heterocycles. The lowest BCUT2D eigenvalue weighted by Gasteiger charge is -2.33. The number of nitrogens with zero attached hydrogens (tertiary/aromatic N) is 5. The second kappa shape index (κ2) is 12.9. The molecule has 10 heteroatoms. The summed E-state index contributed by atoms with van der Waals surface area (Å²) in [5.41, 5.74) is 8.68. The molecule has 3 heterocycles. The van der Waals surface area contributed by atoms with Crippen LogP contribution in [-0.4, -0.2) is 60.5 Å². The number of urea groups is 1. The van der Waals surface area contributed by atoms with Crippen molar-refractivity contribution in [1.29, 1.82) is 0 Å². The summed E-state index contributed by atoms with van der Waals surface area (Å²) in [4.78, 5) is 42.9. The number of pyridine rings is 2. The van der Waals surface area contributed by atoms with E-state index < -0.39 is 5.60 Å². The van der Waals surface area contributed by atoms with Gasteiger partial charge >= 0.3 is 12.0 Å². The molecular weight excluding hydrogens is 494 g/mol. The van der Waals surface area contributed by atoms with E-state index in [0.29, 0.717) is 48.8 Å². The molecule has 212 valence electrons. The lowest BCUT2D eigenvalue weighted by Crippen LogP contribution is -2.38. The maximum atomic E-state index is 13.2. The number of hydrogen-bond acceptors (Lipinski definition) is 8. The highest BCUT2D eigenvalue weighted by molar-refractivity contribution is 6.03. The number of carbonyl (C=O) groups excluding carboxylic acids is 2. The summed E-state index contributed by atoms with van der Waals surface area (Å²) >= 11 is 0. The third-order valence-corrected chi connectivity index (χ3v) is 6.74. The summed E-state index contributed by atoms with van der Waals surface area (Å²) in [6.07, 6.45) is 7.22. The predicted octanol–water partition coefficient (Wildman–Crippen LogP) is 4.92. The first-order chi connectivity index (χ1) is 18.5. The molecule has 1 aliphatic rings. The van der Waals surface area contributed by atoms with Gasteiger partial charge in [0.15, 0.2) is 0 Å². The molecule has 2 aromatic heterocycles. The number of aromatic nitrogens is 2. The number of rotatable bonds is 10. The fraction of sp³-hybridized carbons (Fsp3) is 0.552. The summed E-state index contributed by atoms with van der Waals surface area (Å²) in [5, 5.41) is 2.86. The van der Waals surface area contributed by atoms with Crippen molar-refractivity contribution in [3.8, 4) is 0 Å². The van der Waals surface area contributed by atoms with Crippen molar-refractivity contribution in [2.75, 3.05) is 47.5 Å². The molecule has 2 unspecified atom stereocenters. The van der Waals surface area contributed by atoms with Gasteiger partial charge in [-0.15, -0.1) is 0 Å². The summed E-state index contributed by atoms with van der Waals surface area (Å²) < 4.78 is 5.71. The Bertz CT molecular complexity index is 1190. The van der Waals surface area contributed by atoms with E-state index >= 15 is 0 Å². The fourth-order valence-electron chi connectivity index (χ4n) is 4.98. The summed E-state index contributed by atoms with van der Waals surface area (Å²) in [7, 11) is 1.66. The average Bonchev–Trinajstić information content (AvgIpc) is 3.30. The van der Waals surface area contributed by atoms with Crippen molar-refractivity contribution in [2.24, 2.45) is 16.8 Å². The van der Waals surface area contributed by atoms with Crippen LogP contribution >= 0.6 is 0 Å². The smallest absolute Gasteiger partial charge is 0.328 e. The van der Waals surface area contributed by atoms with Gasteiger partial charge < -0.3 is 15.4 Å². The standard InChI is InChI=1S/C29H43N7O3/c1-8-13-35(18-19(3)21(9-2)27(37)39-29(4,5)6)24-10-12-32-26-22(24)11-14-36(26)28(38)34-25-15-20(16-31-7)23(30)17-33-25/h10,12,15-17,19,21H,8-9,11,13-14,18,30H2,1-7H3,(H,33,34,38). The Kier molecular flexibility index (Phi) is 9.88. The zero-order valence-corrected chi connectivity index (χ0v) is 24.3. The second-order valence-corrected chi connectivity index (χ2v) is 11.0. The van der Waals surface area contributed by atoms with E-state index in [4.69, 9.17) is 10.5 Å². The monoisotopic (exact) mass is 537 g/mol. The highest BCUT2D eigenvalue weighted by Crippen LogP contribution is 2.35. The van der Waals surface area contributed by atoms with E-state index in [9.17, 15) is 9.59 Å². The van der Waals surface area contributed by atoms with E-state index in [1.54, 1.807) is 30.4 Å². The first-order valence-corrected chi connectivity index (χ1v) is 13.7. The van der Waals surface area contributed by atoms with Gasteiger partial charge in [-0.3, -0.25) is 20.0 Å². The maximum absolute atomic E-state index is 13.2. The molecule has 10 nitrogen and oxygen atoms in total. The number of amides is 2. The Morgan fingerprint density at radius 3 is 2.69 bits per heavy atom. The summed E-state index contributed by atoms with van der Waals surface area (Å²) in [6, 6.07) is 3.40. The van der Waals surface area contributed by atoms with Crippen molar-refractivity contribution in [3.05, 3.63) is 35.7 Å². The van der Waals surface area contributed by atoms with Crippen LogP contribution in [0.4, 0.5) is 27.8 Å². The number of nitrogens with two attached hydrogens (primary N) is 1. The number of hydrogen-bond donors (Lipinski definition) is 2. The SMILES string of the molecule is CCCN(CC(C)C(CC)C(=O)OC(C)(C)C)c1ccnc2c1CCN2C(=O)Nc1cc(C=NC)c(N)cn1. The van der Waals surface area contributed by atoms with Gasteiger partial charge in [0.05, 0.1) is 17.8 Å². The lowest BCUT2D eigenvalue weighted by atomic mass is 9.90. The average molecular weight is 538 g/mol. The number of esters is 1. The molecule has 2 aromatic rings. The molecule has 2 atom stereocenters. The van der Waals surface area contributed by atoms with Crippen molar-refractivity contribution >= 4 is 41.2 Å². The maximum Gasteiger partial charge on any atom is 0.328 e. The summed E-state index contributed by atoms with van der Waals surface area (Å²) in [6.45, 7) is 14.0. The first-order valence-electron chi connectivity index (χ1n) is 13.7. The van der Waals surface area contributed by atoms with E-state index in [0.717, 1.165) is 24.2 Å². The molecule has 0 saturated carbocycles. The molecule has 2 amide bonds. The Morgan fingerprint density at radius 2 is 2.05 bits per heavy atom. The Balaban J connectivity index is 1.81. The van der Waals surface area contributed by atoms with Gasteiger partial charge in [0.25, 0.3) is 0 Å². The minimum Gasteiger partial charge on any atom is -0.460 e. The van der Waals surface area contributed by atoms with Crippen LogP contribution in [0.15, 0.2) is 29.5 Å². The van der Waals surface area contributed by atoms with Crippen molar-refractivity contribution in [3.63, 3.8) is 0 Å². The van der Waals surface area contributed by atoms with Gasteiger partial charge in [-0.1, -0.05) is 20.8 Å². The zero-order valence-electron chi connectivity index (χ0n) is 24.3. The third kappa shape index (κ3) is 7.46. The summed E-state index contributed by atoms with van der Waals surface area (Å²) in [5.74, 6) is 0.766. The largest absolute Gasteiger partial charge is 0.460 e. The van der Waals surface area contributed by atoms with Crippen molar-refractivity contribution in [1.82, 2.24) is 9.97 Å². The van der Waals surface area contributed by atoms with Gasteiger partial charge in [0.1, 0.15) is 17.2 Å². The first kappa shape index (κ1) is 29.9. The van der Waals surface area contributed by atoms with Crippen molar-refractivity contribution < 1.29 is 14.3 Å². The number of fused-ring (bicyclic) bond motifs is 1. The molecule has 0 fully saturated rings. The fourth-order valence-corrected chi connectivity index (χ4v) is 4.98. The van der Waals surface area contributed by atoms with Crippen LogP contribution in [0.3, 0.4) is 0 Å². The molecule has 3 rings (SSSR count). The van der Waals surface area contributed by atoms with Crippen LogP contribution in [0, 0.1) is 11.8 Å². The van der Waals surface area contributed by atoms with Gasteiger partial charge in [-0.2, -0.15) is 0 Å². The zero-order chi connectivity index (χ0) is 28.7. The van der Waals surface area contributed by atoms with Crippen LogP contribution in [0.1, 0.15) is 65.5 Å². The molecule has 0 radical (unpaired) electrons. The number of nitrogens with one attached hydrogen (secondary N) is 1.